The van der Waals surface area contributed by atoms with Crippen molar-refractivity contribution in [1.82, 2.24) is 30.3 Å². The minimum atomic E-state index is -4.92. The van der Waals surface area contributed by atoms with Crippen LogP contribution < -0.4 is 32.6 Å². The van der Waals surface area contributed by atoms with Crippen LogP contribution in [0, 0.1) is 0 Å². The average molecular weight is 828 g/mol. The number of pyridine rings is 1. The number of rotatable bonds is 12. The minimum absolute atomic E-state index is 0.00790. The number of fused-ring (bicyclic) bond motifs is 1. The lowest BCUT2D eigenvalue weighted by molar-refractivity contribution is -0.138. The first kappa shape index (κ1) is 41.3. The maximum absolute atomic E-state index is 13.6. The molecule has 3 aliphatic heterocycles. The first-order chi connectivity index (χ1) is 28.7. The maximum atomic E-state index is 13.6. The number of aromatic nitrogens is 1. The predicted molar refractivity (Wildman–Crippen MR) is 213 cm³/mol. The maximum Gasteiger partial charge on any atom is 0.417 e. The van der Waals surface area contributed by atoms with E-state index in [1.807, 2.05) is 24.3 Å². The summed E-state index contributed by atoms with van der Waals surface area (Å²) in [5.74, 6) is -3.86. The van der Waals surface area contributed by atoms with Crippen LogP contribution in [0.4, 0.5) is 30.2 Å². The fraction of sp³-hybridized carbons (Fsp3) is 0.293. The lowest BCUT2D eigenvalue weighted by atomic mass is 10.0. The smallest absolute Gasteiger partial charge is 0.397 e. The Morgan fingerprint density at radius 1 is 0.850 bits per heavy atom. The summed E-state index contributed by atoms with van der Waals surface area (Å²) in [6, 6.07) is 16.5. The third-order valence-corrected chi connectivity index (χ3v) is 10.6. The highest BCUT2D eigenvalue weighted by atomic mass is 19.4. The zero-order chi connectivity index (χ0) is 42.7. The number of piperidine rings is 1. The van der Waals surface area contributed by atoms with Crippen molar-refractivity contribution in [2.75, 3.05) is 62.2 Å². The van der Waals surface area contributed by atoms with Gasteiger partial charge in [-0.3, -0.25) is 53.6 Å². The van der Waals surface area contributed by atoms with Crippen LogP contribution in [0.25, 0.3) is 11.1 Å². The monoisotopic (exact) mass is 827 g/mol. The van der Waals surface area contributed by atoms with Crippen molar-refractivity contribution in [2.24, 2.45) is 0 Å². The summed E-state index contributed by atoms with van der Waals surface area (Å²) < 4.78 is 40.7. The number of alkyl halides is 3. The van der Waals surface area contributed by atoms with E-state index < -0.39 is 58.4 Å². The van der Waals surface area contributed by atoms with Gasteiger partial charge in [0.2, 0.25) is 23.3 Å². The molecule has 7 rings (SSSR count). The molecule has 3 aromatic carbocycles. The molecule has 60 heavy (non-hydrogen) atoms. The van der Waals surface area contributed by atoms with Crippen LogP contribution >= 0.6 is 0 Å². The predicted octanol–water partition coefficient (Wildman–Crippen LogP) is 2.64. The average Bonchev–Trinajstić information content (AvgIpc) is 3.47. The largest absolute Gasteiger partial charge is 0.417 e. The van der Waals surface area contributed by atoms with Crippen molar-refractivity contribution >= 4 is 52.5 Å². The molecule has 2 saturated heterocycles. The summed E-state index contributed by atoms with van der Waals surface area (Å²) in [5, 5.41) is 10.4. The first-order valence-corrected chi connectivity index (χ1v) is 19.1. The fourth-order valence-corrected chi connectivity index (χ4v) is 7.46. The van der Waals surface area contributed by atoms with Gasteiger partial charge in [0.25, 0.3) is 17.7 Å². The van der Waals surface area contributed by atoms with Crippen LogP contribution in [0.15, 0.2) is 77.7 Å². The molecule has 0 bridgehead atoms. The molecule has 0 aliphatic carbocycles. The first-order valence-electron chi connectivity index (χ1n) is 19.1. The van der Waals surface area contributed by atoms with E-state index in [0.29, 0.717) is 31.3 Å². The molecule has 312 valence electrons. The molecule has 0 spiro atoms. The number of carbonyl (C=O) groups is 6. The standard InChI is InChI=1S/C41H40F3N9O7/c42-41(43,44)28-19-34(55)48-20-27(28)37(57)49-31-18-25(7-8-29(31)45)24-4-1-3-23(17-24)22-52-15-13-51(14-16-52)12-11-46-35(56)21-47-30-6-2-5-26-36(30)40(60)53(39(26)59)32-9-10-33(54)50-38(32)58/h1-8,17-20,32,47H,9-16,21-22,45H2,(H,46,56)(H,48,55)(H,49,57)(H,50,54,58). The molecule has 19 heteroatoms. The molecule has 0 radical (unpaired) electrons. The molecule has 1 atom stereocenters. The number of nitrogens with two attached hydrogens (primary N) is 1. The topological polar surface area (TPSA) is 219 Å². The van der Waals surface area contributed by atoms with E-state index in [0.717, 1.165) is 48.4 Å². The summed E-state index contributed by atoms with van der Waals surface area (Å²) in [5.41, 5.74) is 6.19. The van der Waals surface area contributed by atoms with E-state index in [4.69, 9.17) is 5.73 Å². The molecule has 3 aliphatic rings. The van der Waals surface area contributed by atoms with Gasteiger partial charge in [-0.1, -0.05) is 30.3 Å². The summed E-state index contributed by atoms with van der Waals surface area (Å²) in [7, 11) is 0. The summed E-state index contributed by atoms with van der Waals surface area (Å²) in [6.07, 6.45) is -4.16. The van der Waals surface area contributed by atoms with E-state index >= 15 is 0 Å². The summed E-state index contributed by atoms with van der Waals surface area (Å²) in [4.78, 5) is 95.1. The van der Waals surface area contributed by atoms with Crippen LogP contribution in [0.1, 0.15) is 55.0 Å². The Morgan fingerprint density at radius 3 is 2.33 bits per heavy atom. The highest BCUT2D eigenvalue weighted by molar-refractivity contribution is 6.25. The molecule has 7 N–H and O–H groups in total. The molecule has 1 unspecified atom stereocenters. The van der Waals surface area contributed by atoms with Crippen LogP contribution in [-0.4, -0.2) is 107 Å². The number of benzene rings is 3. The van der Waals surface area contributed by atoms with E-state index in [1.165, 1.54) is 6.07 Å². The van der Waals surface area contributed by atoms with Crippen molar-refractivity contribution in [3.63, 3.8) is 0 Å². The zero-order valence-electron chi connectivity index (χ0n) is 32.0. The van der Waals surface area contributed by atoms with Gasteiger partial charge in [0, 0.05) is 70.2 Å². The van der Waals surface area contributed by atoms with Crippen LogP contribution in [0.5, 0.6) is 0 Å². The van der Waals surface area contributed by atoms with Gasteiger partial charge >= 0.3 is 6.18 Å². The Bertz CT molecular complexity index is 2450. The van der Waals surface area contributed by atoms with Crippen molar-refractivity contribution in [3.05, 3.63) is 111 Å². The fourth-order valence-electron chi connectivity index (χ4n) is 7.46. The number of halogens is 3. The second kappa shape index (κ2) is 17.2. The number of anilines is 3. The van der Waals surface area contributed by atoms with Gasteiger partial charge < -0.3 is 26.7 Å². The SMILES string of the molecule is Nc1ccc(-c2cccc(CN3CCN(CCNC(=O)CNc4cccc5c4C(=O)N(C4CCC(=O)NC4=O)C5=O)CC3)c2)cc1NC(=O)c1c[nH]c(=O)cc1C(F)(F)F. The van der Waals surface area contributed by atoms with E-state index in [1.54, 1.807) is 30.3 Å². The van der Waals surface area contributed by atoms with Gasteiger partial charge in [0.15, 0.2) is 0 Å². The zero-order valence-corrected chi connectivity index (χ0v) is 32.0. The number of piperazine rings is 1. The molecule has 6 amide bonds. The van der Waals surface area contributed by atoms with Gasteiger partial charge in [-0.05, 0) is 53.4 Å². The quantitative estimate of drug-likeness (QED) is 0.0901. The Labute approximate surface area is 340 Å². The van der Waals surface area contributed by atoms with Crippen molar-refractivity contribution in [2.45, 2.75) is 31.6 Å². The second-order valence-corrected chi connectivity index (χ2v) is 14.6. The molecular formula is C41H40F3N9O7. The Hall–Kier alpha value is -6.86. The lowest BCUT2D eigenvalue weighted by Gasteiger charge is -2.34. The molecule has 2 fully saturated rings. The third-order valence-electron chi connectivity index (χ3n) is 10.6. The number of imide groups is 2. The Balaban J connectivity index is 0.870. The number of hydrogen-bond donors (Lipinski definition) is 6. The molecule has 4 heterocycles. The third kappa shape index (κ3) is 9.06. The Kier molecular flexibility index (Phi) is 11.8. The normalized spacial score (nSPS) is 17.3. The number of nitrogens with one attached hydrogen (secondary N) is 5. The van der Waals surface area contributed by atoms with Crippen LogP contribution in [0.3, 0.4) is 0 Å². The number of H-pyrrole nitrogens is 1. The van der Waals surface area contributed by atoms with E-state index in [9.17, 15) is 46.7 Å². The van der Waals surface area contributed by atoms with Gasteiger partial charge in [-0.25, -0.2) is 0 Å². The molecule has 1 aromatic heterocycles. The van der Waals surface area contributed by atoms with Crippen molar-refractivity contribution in [3.8, 4) is 11.1 Å². The lowest BCUT2D eigenvalue weighted by Crippen LogP contribution is -2.54. The van der Waals surface area contributed by atoms with Gasteiger partial charge in [0.1, 0.15) is 6.04 Å². The summed E-state index contributed by atoms with van der Waals surface area (Å²) in [6.45, 7) is 4.54. The number of carbonyl (C=O) groups excluding carboxylic acids is 6. The Morgan fingerprint density at radius 2 is 1.58 bits per heavy atom. The number of aromatic amines is 1. The minimum Gasteiger partial charge on any atom is -0.397 e. The van der Waals surface area contributed by atoms with Gasteiger partial charge in [-0.2, -0.15) is 13.2 Å². The molecule has 0 saturated carbocycles. The van der Waals surface area contributed by atoms with E-state index in [2.05, 4.69) is 36.1 Å². The van der Waals surface area contributed by atoms with E-state index in [-0.39, 0.29) is 53.5 Å². The number of hydrogen-bond acceptors (Lipinski definition) is 11. The summed E-state index contributed by atoms with van der Waals surface area (Å²) >= 11 is 0. The molecule has 16 nitrogen and oxygen atoms in total. The van der Waals surface area contributed by atoms with Crippen LogP contribution in [0.2, 0.25) is 0 Å². The molecular weight excluding hydrogens is 788 g/mol. The number of amides is 6. The van der Waals surface area contributed by atoms with Crippen molar-refractivity contribution < 1.29 is 41.9 Å². The second-order valence-electron chi connectivity index (χ2n) is 14.6. The van der Waals surface area contributed by atoms with Gasteiger partial charge in [0.05, 0.1) is 40.2 Å². The molecule has 4 aromatic rings. The van der Waals surface area contributed by atoms with Crippen molar-refractivity contribution in [1.29, 1.82) is 0 Å². The highest BCUT2D eigenvalue weighted by Crippen LogP contribution is 2.34. The van der Waals surface area contributed by atoms with Gasteiger partial charge in [-0.15, -0.1) is 0 Å². The number of nitrogen functional groups attached to an aromatic ring is 1. The number of nitrogens with zero attached hydrogens (tertiary/aromatic N) is 3. The van der Waals surface area contributed by atoms with Crippen LogP contribution in [-0.2, 0) is 27.1 Å². The highest BCUT2D eigenvalue weighted by Gasteiger charge is 2.45.